The van der Waals surface area contributed by atoms with Crippen LogP contribution in [-0.4, -0.2) is 71.1 Å². The highest BCUT2D eigenvalue weighted by Gasteiger charge is 2.54. The lowest BCUT2D eigenvalue weighted by atomic mass is 9.98. The number of anilines is 1. The minimum atomic E-state index is -3.80. The molecule has 0 atom stereocenters. The molecule has 4 heterocycles. The van der Waals surface area contributed by atoms with E-state index in [1.807, 2.05) is 38.1 Å². The number of likely N-dealkylation sites (N-methyl/N-ethyl adjacent to an activating group) is 1. The Balaban J connectivity index is 1.43. The summed E-state index contributed by atoms with van der Waals surface area (Å²) in [7, 11) is -1.69. The number of H-pyrrole nitrogens is 1. The lowest BCUT2D eigenvalue weighted by molar-refractivity contribution is 0.0952. The molecule has 0 radical (unpaired) electrons. The van der Waals surface area contributed by atoms with Gasteiger partial charge in [0.15, 0.2) is 0 Å². The third kappa shape index (κ3) is 6.14. The molecule has 248 valence electrons. The van der Waals surface area contributed by atoms with E-state index in [0.29, 0.717) is 52.4 Å². The second kappa shape index (κ2) is 12.8. The number of pyridine rings is 2. The van der Waals surface area contributed by atoms with Gasteiger partial charge in [-0.2, -0.15) is 0 Å². The van der Waals surface area contributed by atoms with Crippen molar-refractivity contribution in [3.05, 3.63) is 93.7 Å². The summed E-state index contributed by atoms with van der Waals surface area (Å²) in [5.74, 6) is 0.501. The summed E-state index contributed by atoms with van der Waals surface area (Å²) in [4.78, 5) is 39.1. The first kappa shape index (κ1) is 32.7. The first-order valence-corrected chi connectivity index (χ1v) is 17.8. The molecule has 10 nitrogen and oxygen atoms in total. The summed E-state index contributed by atoms with van der Waals surface area (Å²) in [6.07, 6.45) is 8.16. The van der Waals surface area contributed by atoms with E-state index in [9.17, 15) is 18.0 Å². The highest BCUT2D eigenvalue weighted by Crippen LogP contribution is 2.49. The number of hydrogen-bond donors (Lipinski definition) is 2. The fourth-order valence-electron chi connectivity index (χ4n) is 6.76. The number of nitrogens with zero attached hydrogens (tertiary/aromatic N) is 4. The molecule has 0 spiro atoms. The summed E-state index contributed by atoms with van der Waals surface area (Å²) < 4.78 is 28.7. The van der Waals surface area contributed by atoms with Crippen molar-refractivity contribution in [1.82, 2.24) is 24.2 Å². The summed E-state index contributed by atoms with van der Waals surface area (Å²) in [6, 6.07) is 9.55. The second-order valence-corrected chi connectivity index (χ2v) is 15.3. The Kier molecular flexibility index (Phi) is 8.88. The number of rotatable bonds is 11. The van der Waals surface area contributed by atoms with Gasteiger partial charge in [0.2, 0.25) is 10.0 Å². The van der Waals surface area contributed by atoms with Crippen molar-refractivity contribution in [3.8, 4) is 11.1 Å². The molecule has 1 saturated carbocycles. The first-order chi connectivity index (χ1) is 22.5. The maximum Gasteiger partial charge on any atom is 0.253 e. The number of hydrogen-bond acceptors (Lipinski definition) is 7. The van der Waals surface area contributed by atoms with Crippen molar-refractivity contribution in [1.29, 1.82) is 0 Å². The van der Waals surface area contributed by atoms with Crippen LogP contribution in [0.2, 0.25) is 0 Å². The molecule has 2 N–H and O–H groups in total. The van der Waals surface area contributed by atoms with E-state index < -0.39 is 14.8 Å². The number of aryl methyl sites for hydroxylation is 3. The molecular formula is C36H44N6O4S. The first-order valence-electron chi connectivity index (χ1n) is 16.4. The molecule has 1 saturated heterocycles. The Morgan fingerprint density at radius 3 is 2.49 bits per heavy atom. The van der Waals surface area contributed by atoms with E-state index in [4.69, 9.17) is 4.98 Å². The molecular weight excluding hydrogens is 613 g/mol. The summed E-state index contributed by atoms with van der Waals surface area (Å²) in [6.45, 7) is 13.3. The van der Waals surface area contributed by atoms with Gasteiger partial charge in [-0.1, -0.05) is 19.4 Å². The zero-order chi connectivity index (χ0) is 33.5. The second-order valence-electron chi connectivity index (χ2n) is 13.1. The Bertz CT molecular complexity index is 2000. The summed E-state index contributed by atoms with van der Waals surface area (Å²) in [5.41, 5.74) is 4.92. The largest absolute Gasteiger partial charge is 0.354 e. The van der Waals surface area contributed by atoms with Gasteiger partial charge in [0.25, 0.3) is 11.5 Å². The number of nitrogens with one attached hydrogen (secondary N) is 2. The molecule has 2 fully saturated rings. The van der Waals surface area contributed by atoms with Gasteiger partial charge in [-0.15, -0.1) is 6.58 Å². The van der Waals surface area contributed by atoms with Gasteiger partial charge >= 0.3 is 0 Å². The Labute approximate surface area is 276 Å². The fraction of sp³-hybridized carbons (Fsp3) is 0.417. The predicted molar refractivity (Wildman–Crippen MR) is 188 cm³/mol. The number of allylic oxidation sites excluding steroid dienone is 1. The normalized spacial score (nSPS) is 16.4. The standard InChI is InChI=1S/C36H44N6O4S/c1-6-8-26-18-25(4)39-35(44)30(26)22-38-34(43)29-19-28(27-9-10-32(37-21-27)41-16-14-40(5)15-17-41)20-31-33(29)24(3)23-42(31)47(45,46)36(11-7-2)12-13-36/h7,9-10,18-21,23H,2,6,8,11-17,22H2,1,3-5H3,(H,38,43)(H,39,44). The van der Waals surface area contributed by atoms with E-state index in [-0.39, 0.29) is 18.0 Å². The number of aromatic amines is 1. The molecule has 0 unspecified atom stereocenters. The van der Waals surface area contributed by atoms with E-state index in [1.54, 1.807) is 24.5 Å². The van der Waals surface area contributed by atoms with Crippen LogP contribution in [-0.2, 0) is 23.0 Å². The maximum absolute atomic E-state index is 14.1. The molecule has 1 aliphatic carbocycles. The van der Waals surface area contributed by atoms with Gasteiger partial charge in [0.05, 0.1) is 10.3 Å². The SMILES string of the molecule is C=CCC1(S(=O)(=O)n2cc(C)c3c(C(=O)NCc4c(CCC)cc(C)[nH]c4=O)cc(-c4ccc(N5CCN(C)CC5)nc4)cc32)CC1. The topological polar surface area (TPSA) is 120 Å². The zero-order valence-electron chi connectivity index (χ0n) is 27.7. The average molecular weight is 657 g/mol. The van der Waals surface area contributed by atoms with E-state index in [0.717, 1.165) is 61.7 Å². The summed E-state index contributed by atoms with van der Waals surface area (Å²) >= 11 is 0. The maximum atomic E-state index is 14.1. The van der Waals surface area contributed by atoms with E-state index in [2.05, 4.69) is 40.7 Å². The molecule has 4 aromatic rings. The number of fused-ring (bicyclic) bond motifs is 1. The quantitative estimate of drug-likeness (QED) is 0.220. The molecule has 47 heavy (non-hydrogen) atoms. The van der Waals surface area contributed by atoms with Crippen molar-refractivity contribution in [2.24, 2.45) is 0 Å². The highest BCUT2D eigenvalue weighted by molar-refractivity contribution is 7.91. The van der Waals surface area contributed by atoms with Crippen molar-refractivity contribution in [3.63, 3.8) is 0 Å². The predicted octanol–water partition coefficient (Wildman–Crippen LogP) is 4.93. The third-order valence-corrected chi connectivity index (χ3v) is 12.1. The minimum absolute atomic E-state index is 0.0529. The Morgan fingerprint density at radius 1 is 1.11 bits per heavy atom. The molecule has 3 aromatic heterocycles. The number of amides is 1. The van der Waals surface area contributed by atoms with Crippen LogP contribution in [0.4, 0.5) is 5.82 Å². The van der Waals surface area contributed by atoms with Crippen LogP contribution in [0, 0.1) is 13.8 Å². The number of carbonyl (C=O) groups is 1. The van der Waals surface area contributed by atoms with Gasteiger partial charge in [0.1, 0.15) is 5.82 Å². The third-order valence-electron chi connectivity index (χ3n) is 9.65. The molecule has 11 heteroatoms. The van der Waals surface area contributed by atoms with Crippen molar-refractivity contribution in [2.45, 2.75) is 64.2 Å². The molecule has 1 aromatic carbocycles. The van der Waals surface area contributed by atoms with Crippen LogP contribution in [0.25, 0.3) is 22.0 Å². The van der Waals surface area contributed by atoms with E-state index in [1.165, 1.54) is 3.97 Å². The number of benzene rings is 1. The zero-order valence-corrected chi connectivity index (χ0v) is 28.5. The van der Waals surface area contributed by atoms with Gasteiger partial charge in [-0.05, 0) is 93.6 Å². The average Bonchev–Trinajstić information content (AvgIpc) is 3.77. The minimum Gasteiger partial charge on any atom is -0.354 e. The molecule has 1 aliphatic heterocycles. The van der Waals surface area contributed by atoms with Crippen molar-refractivity contribution in [2.75, 3.05) is 38.1 Å². The van der Waals surface area contributed by atoms with Crippen LogP contribution in [0.15, 0.2) is 60.2 Å². The van der Waals surface area contributed by atoms with Gasteiger partial charge in [-0.25, -0.2) is 17.4 Å². The molecule has 6 rings (SSSR count). The number of aromatic nitrogens is 3. The monoisotopic (exact) mass is 656 g/mol. The van der Waals surface area contributed by atoms with Gasteiger partial charge < -0.3 is 20.1 Å². The highest BCUT2D eigenvalue weighted by atomic mass is 32.2. The van der Waals surface area contributed by atoms with Crippen molar-refractivity contribution >= 4 is 32.7 Å². The fourth-order valence-corrected chi connectivity index (χ4v) is 8.83. The van der Waals surface area contributed by atoms with Gasteiger partial charge in [0, 0.05) is 72.9 Å². The molecule has 0 bridgehead atoms. The smallest absolute Gasteiger partial charge is 0.253 e. The number of carbonyl (C=O) groups excluding carboxylic acids is 1. The van der Waals surface area contributed by atoms with Crippen LogP contribution in [0.3, 0.4) is 0 Å². The van der Waals surface area contributed by atoms with Crippen LogP contribution in [0.1, 0.15) is 65.3 Å². The molecule has 2 aliphatic rings. The van der Waals surface area contributed by atoms with Crippen molar-refractivity contribution < 1.29 is 13.2 Å². The van der Waals surface area contributed by atoms with Crippen LogP contribution < -0.4 is 15.8 Å². The summed E-state index contributed by atoms with van der Waals surface area (Å²) in [5, 5.41) is 3.55. The Morgan fingerprint density at radius 2 is 1.85 bits per heavy atom. The van der Waals surface area contributed by atoms with Crippen LogP contribution in [0.5, 0.6) is 0 Å². The molecule has 1 amide bonds. The van der Waals surface area contributed by atoms with Crippen LogP contribution >= 0.6 is 0 Å². The van der Waals surface area contributed by atoms with E-state index >= 15 is 0 Å². The number of piperazine rings is 1. The van der Waals surface area contributed by atoms with Gasteiger partial charge in [-0.3, -0.25) is 9.59 Å². The lowest BCUT2D eigenvalue weighted by Crippen LogP contribution is -2.44. The lowest BCUT2D eigenvalue weighted by Gasteiger charge is -2.33. The Hall–Kier alpha value is -4.22.